The highest BCUT2D eigenvalue weighted by atomic mass is 16.6. The van der Waals surface area contributed by atoms with Crippen LogP contribution in [0.3, 0.4) is 0 Å². The first kappa shape index (κ1) is 19.5. The van der Waals surface area contributed by atoms with Crippen LogP contribution in [0.1, 0.15) is 65.4 Å². The lowest BCUT2D eigenvalue weighted by Crippen LogP contribution is -2.66. The number of ether oxygens (including phenoxy) is 1. The number of fused-ring (bicyclic) bond motifs is 3. The summed E-state index contributed by atoms with van der Waals surface area (Å²) in [6, 6.07) is 2.03. The minimum atomic E-state index is -0.901. The van der Waals surface area contributed by atoms with E-state index in [0.717, 1.165) is 19.3 Å². The van der Waals surface area contributed by atoms with Crippen LogP contribution in [-0.2, 0) is 14.3 Å². The number of ketones is 2. The molecule has 1 aliphatic heterocycles. The first-order valence-electron chi connectivity index (χ1n) is 11.4. The van der Waals surface area contributed by atoms with E-state index in [-0.39, 0.29) is 40.7 Å². The van der Waals surface area contributed by atoms with Crippen LogP contribution in [0.2, 0.25) is 0 Å². The Balaban J connectivity index is 1.57. The van der Waals surface area contributed by atoms with E-state index in [0.29, 0.717) is 5.57 Å². The highest BCUT2D eigenvalue weighted by Gasteiger charge is 2.87. The Kier molecular flexibility index (Phi) is 3.31. The van der Waals surface area contributed by atoms with Crippen molar-refractivity contribution in [1.82, 2.24) is 0 Å². The molecule has 1 N–H and O–H groups in total. The smallest absolute Gasteiger partial charge is 0.206 e. The van der Waals surface area contributed by atoms with Gasteiger partial charge in [-0.25, -0.2) is 0 Å². The fourth-order valence-electron chi connectivity index (χ4n) is 8.78. The van der Waals surface area contributed by atoms with Gasteiger partial charge in [0, 0.05) is 10.8 Å². The van der Waals surface area contributed by atoms with Crippen molar-refractivity contribution < 1.29 is 23.8 Å². The zero-order valence-corrected chi connectivity index (χ0v) is 18.8. The van der Waals surface area contributed by atoms with Crippen molar-refractivity contribution in [3.63, 3.8) is 0 Å². The van der Waals surface area contributed by atoms with E-state index >= 15 is 0 Å². The van der Waals surface area contributed by atoms with Crippen LogP contribution >= 0.6 is 0 Å². The predicted octanol–water partition coefficient (Wildman–Crippen LogP) is 4.89. The van der Waals surface area contributed by atoms with Gasteiger partial charge in [-0.05, 0) is 75.1 Å². The summed E-state index contributed by atoms with van der Waals surface area (Å²) < 4.78 is 11.9. The number of epoxide rings is 1. The van der Waals surface area contributed by atoms with E-state index in [1.165, 1.54) is 5.56 Å². The molecular formula is C26H30O5. The molecule has 6 rings (SSSR count). The maximum absolute atomic E-state index is 14.0. The van der Waals surface area contributed by atoms with Gasteiger partial charge in [0.1, 0.15) is 5.60 Å². The number of aliphatic hydroxyl groups excluding tert-OH is 1. The average molecular weight is 423 g/mol. The molecule has 1 spiro atoms. The molecule has 5 heteroatoms. The van der Waals surface area contributed by atoms with Crippen LogP contribution in [0.4, 0.5) is 0 Å². The van der Waals surface area contributed by atoms with E-state index in [1.807, 2.05) is 39.2 Å². The summed E-state index contributed by atoms with van der Waals surface area (Å²) in [5.41, 5.74) is -1.40. The van der Waals surface area contributed by atoms with Gasteiger partial charge < -0.3 is 14.3 Å². The highest BCUT2D eigenvalue weighted by molar-refractivity contribution is 6.06. The largest absolute Gasteiger partial charge is 0.504 e. The predicted molar refractivity (Wildman–Crippen MR) is 113 cm³/mol. The lowest BCUT2D eigenvalue weighted by atomic mass is 9.39. The molecule has 1 aromatic rings. The van der Waals surface area contributed by atoms with Gasteiger partial charge in [0.05, 0.1) is 29.5 Å². The van der Waals surface area contributed by atoms with Crippen LogP contribution < -0.4 is 0 Å². The fourth-order valence-corrected chi connectivity index (χ4v) is 8.78. The Morgan fingerprint density at radius 3 is 2.55 bits per heavy atom. The van der Waals surface area contributed by atoms with Crippen molar-refractivity contribution >= 4 is 11.6 Å². The van der Waals surface area contributed by atoms with E-state index in [4.69, 9.17) is 9.15 Å². The quantitative estimate of drug-likeness (QED) is 0.652. The summed E-state index contributed by atoms with van der Waals surface area (Å²) in [6.45, 7) is 10.0. The second-order valence-corrected chi connectivity index (χ2v) is 11.6. The summed E-state index contributed by atoms with van der Waals surface area (Å²) >= 11 is 0. The summed E-state index contributed by atoms with van der Waals surface area (Å²) in [4.78, 5) is 26.7. The van der Waals surface area contributed by atoms with Gasteiger partial charge in [-0.2, -0.15) is 0 Å². The average Bonchev–Trinajstić information content (AvgIpc) is 3.07. The number of carbonyl (C=O) groups is 2. The number of rotatable bonds is 1. The van der Waals surface area contributed by atoms with Crippen LogP contribution in [0.5, 0.6) is 0 Å². The van der Waals surface area contributed by atoms with Gasteiger partial charge in [-0.3, -0.25) is 9.59 Å². The molecular weight excluding hydrogens is 392 g/mol. The normalized spacial score (nSPS) is 49.4. The molecule has 5 aliphatic rings. The van der Waals surface area contributed by atoms with Crippen LogP contribution in [0, 0.1) is 27.6 Å². The summed E-state index contributed by atoms with van der Waals surface area (Å²) in [5, 5.41) is 11.4. The van der Waals surface area contributed by atoms with Gasteiger partial charge >= 0.3 is 0 Å². The Labute approximate surface area is 182 Å². The molecule has 5 nitrogen and oxygen atoms in total. The molecule has 7 atom stereocenters. The maximum Gasteiger partial charge on any atom is 0.206 e. The number of furan rings is 1. The molecule has 0 amide bonds. The number of carbonyl (C=O) groups excluding carboxylic acids is 2. The second kappa shape index (κ2) is 5.25. The van der Waals surface area contributed by atoms with Crippen molar-refractivity contribution in [2.75, 3.05) is 0 Å². The van der Waals surface area contributed by atoms with Gasteiger partial charge in [-0.1, -0.05) is 19.9 Å². The number of allylic oxidation sites excluding steroid dienone is 4. The monoisotopic (exact) mass is 422 g/mol. The van der Waals surface area contributed by atoms with Crippen molar-refractivity contribution in [3.8, 4) is 0 Å². The molecule has 0 bridgehead atoms. The van der Waals surface area contributed by atoms with E-state index < -0.39 is 21.8 Å². The molecule has 0 unspecified atom stereocenters. The minimum absolute atomic E-state index is 0.00527. The standard InChI is InChI=1S/C26H30O5/c1-22(2)17(27)7-9-23(3)16-6-10-24(4)15(14-8-11-30-13-14)12-18-26(24,31-18)25(16,5)21(29)19(28)20(22)23/h7-9,11,13,15-16,18,28H,6,10,12H2,1-5H3/t15-,16+,18+,23-,24-,25-,26+/m0/s1. The van der Waals surface area contributed by atoms with Gasteiger partial charge in [0.15, 0.2) is 11.5 Å². The fraction of sp³-hybridized carbons (Fsp3) is 0.615. The Morgan fingerprint density at radius 1 is 1.13 bits per heavy atom. The first-order valence-corrected chi connectivity index (χ1v) is 11.4. The molecule has 1 saturated heterocycles. The summed E-state index contributed by atoms with van der Waals surface area (Å²) in [7, 11) is 0. The molecule has 0 aromatic carbocycles. The third-order valence-electron chi connectivity index (χ3n) is 10.2. The van der Waals surface area contributed by atoms with Gasteiger partial charge in [0.25, 0.3) is 0 Å². The van der Waals surface area contributed by atoms with Gasteiger partial charge in [0.2, 0.25) is 5.78 Å². The number of hydrogen-bond acceptors (Lipinski definition) is 5. The van der Waals surface area contributed by atoms with E-state index in [2.05, 4.69) is 13.8 Å². The van der Waals surface area contributed by atoms with Crippen LogP contribution in [0.25, 0.3) is 0 Å². The van der Waals surface area contributed by atoms with E-state index in [1.54, 1.807) is 12.3 Å². The highest BCUT2D eigenvalue weighted by Crippen LogP contribution is 2.81. The summed E-state index contributed by atoms with van der Waals surface area (Å²) in [5.74, 6) is -0.312. The minimum Gasteiger partial charge on any atom is -0.504 e. The van der Waals surface area contributed by atoms with Crippen LogP contribution in [0.15, 0.2) is 46.5 Å². The topological polar surface area (TPSA) is 80.0 Å². The molecule has 3 fully saturated rings. The van der Waals surface area contributed by atoms with E-state index in [9.17, 15) is 14.7 Å². The van der Waals surface area contributed by atoms with Crippen molar-refractivity contribution in [3.05, 3.63) is 47.6 Å². The molecule has 2 heterocycles. The Hall–Kier alpha value is -2.14. The SMILES string of the molecule is CC1(C)C(=O)C=C[C@]2(C)C1=C(O)C(=O)[C@]1(C)[C@@H]2CC[C@@]2(C)[C@H](c3ccoc3)C[C@H]3O[C@]321. The molecule has 4 aliphatic carbocycles. The molecule has 0 radical (unpaired) electrons. The molecule has 1 aromatic heterocycles. The molecule has 164 valence electrons. The van der Waals surface area contributed by atoms with Crippen molar-refractivity contribution in [2.45, 2.75) is 71.5 Å². The van der Waals surface area contributed by atoms with Crippen molar-refractivity contribution in [1.29, 1.82) is 0 Å². The first-order chi connectivity index (χ1) is 14.5. The summed E-state index contributed by atoms with van der Waals surface area (Å²) in [6.07, 6.45) is 9.76. The lowest BCUT2D eigenvalue weighted by molar-refractivity contribution is -0.162. The number of Topliss-reactive ketones (excluding diaryl/α,β-unsaturated/α-hetero) is 1. The van der Waals surface area contributed by atoms with Gasteiger partial charge in [-0.15, -0.1) is 0 Å². The third-order valence-corrected chi connectivity index (χ3v) is 10.2. The number of hydrogen-bond donors (Lipinski definition) is 1. The maximum atomic E-state index is 14.0. The van der Waals surface area contributed by atoms with Crippen LogP contribution in [-0.4, -0.2) is 28.4 Å². The second-order valence-electron chi connectivity index (χ2n) is 11.6. The molecule has 31 heavy (non-hydrogen) atoms. The Bertz CT molecular complexity index is 1090. The van der Waals surface area contributed by atoms with Crippen molar-refractivity contribution in [2.24, 2.45) is 27.6 Å². The number of aliphatic hydroxyl groups is 1. The Morgan fingerprint density at radius 2 is 1.87 bits per heavy atom. The third kappa shape index (κ3) is 1.80. The molecule has 2 saturated carbocycles. The lowest BCUT2D eigenvalue weighted by Gasteiger charge is -2.62. The zero-order valence-electron chi connectivity index (χ0n) is 18.8. The zero-order chi connectivity index (χ0) is 22.2.